The second kappa shape index (κ2) is 6.25. The summed E-state index contributed by atoms with van der Waals surface area (Å²) in [6.07, 6.45) is 9.69. The van der Waals surface area contributed by atoms with Gasteiger partial charge in [0.2, 0.25) is 5.76 Å². The van der Waals surface area contributed by atoms with Crippen molar-refractivity contribution in [2.75, 3.05) is 7.05 Å². The van der Waals surface area contributed by atoms with Crippen LogP contribution in [0, 0.1) is 0 Å². The predicted octanol–water partition coefficient (Wildman–Crippen LogP) is 2.05. The monoisotopic (exact) mass is 300 g/mol. The average Bonchev–Trinajstić information content (AvgIpc) is 2.98. The van der Waals surface area contributed by atoms with Crippen molar-refractivity contribution in [3.05, 3.63) is 41.3 Å². The quantitative estimate of drug-likeness (QED) is 0.864. The number of fused-ring (bicyclic) bond motifs is 1. The summed E-state index contributed by atoms with van der Waals surface area (Å²) >= 11 is 0. The second-order valence-electron chi connectivity index (χ2n) is 5.81. The van der Waals surface area contributed by atoms with Crippen LogP contribution in [0.5, 0.6) is 0 Å². The molecule has 0 saturated heterocycles. The topological polar surface area (TPSA) is 72.1 Å². The van der Waals surface area contributed by atoms with Crippen LogP contribution >= 0.6 is 0 Å². The third-order valence-corrected chi connectivity index (χ3v) is 4.26. The molecule has 0 fully saturated rings. The van der Waals surface area contributed by atoms with E-state index in [1.165, 1.54) is 0 Å². The third-order valence-electron chi connectivity index (χ3n) is 4.26. The zero-order valence-electron chi connectivity index (χ0n) is 13.0. The van der Waals surface area contributed by atoms with E-state index < -0.39 is 0 Å². The highest BCUT2D eigenvalue weighted by molar-refractivity contribution is 5.93. The molecule has 1 amide bonds. The van der Waals surface area contributed by atoms with Gasteiger partial charge in [-0.15, -0.1) is 0 Å². The lowest BCUT2D eigenvalue weighted by Crippen LogP contribution is -2.37. The summed E-state index contributed by atoms with van der Waals surface area (Å²) in [7, 11) is 1.79. The fourth-order valence-corrected chi connectivity index (χ4v) is 2.79. The van der Waals surface area contributed by atoms with E-state index >= 15 is 0 Å². The first-order valence-electron chi connectivity index (χ1n) is 7.66. The van der Waals surface area contributed by atoms with E-state index in [4.69, 9.17) is 4.52 Å². The molecule has 0 saturated carbocycles. The number of aromatic nitrogens is 3. The Hall–Kier alpha value is -2.24. The lowest BCUT2D eigenvalue weighted by molar-refractivity contribution is 0.0699. The SMILES string of the molecule is C[C@H](Cc1cnccn1)N(C)C(=O)c1onc2c1CCCC2. The first-order chi connectivity index (χ1) is 10.7. The molecule has 2 heterocycles. The number of hydrogen-bond acceptors (Lipinski definition) is 5. The molecule has 6 heteroatoms. The number of nitrogens with zero attached hydrogens (tertiary/aromatic N) is 4. The number of amides is 1. The van der Waals surface area contributed by atoms with E-state index in [0.29, 0.717) is 12.2 Å². The molecule has 0 bridgehead atoms. The Bertz CT molecular complexity index is 653. The summed E-state index contributed by atoms with van der Waals surface area (Å²) in [6.45, 7) is 2.00. The highest BCUT2D eigenvalue weighted by Crippen LogP contribution is 2.25. The summed E-state index contributed by atoms with van der Waals surface area (Å²) in [6, 6.07) is 0.00791. The Morgan fingerprint density at radius 1 is 1.36 bits per heavy atom. The van der Waals surface area contributed by atoms with E-state index in [2.05, 4.69) is 15.1 Å². The van der Waals surface area contributed by atoms with Gasteiger partial charge < -0.3 is 9.42 Å². The molecule has 0 aliphatic heterocycles. The van der Waals surface area contributed by atoms with E-state index in [1.54, 1.807) is 30.5 Å². The molecular weight excluding hydrogens is 280 g/mol. The van der Waals surface area contributed by atoms with Gasteiger partial charge in [0.1, 0.15) is 0 Å². The van der Waals surface area contributed by atoms with Crippen LogP contribution in [0.4, 0.5) is 0 Å². The Labute approximate surface area is 129 Å². The van der Waals surface area contributed by atoms with E-state index in [1.807, 2.05) is 6.92 Å². The van der Waals surface area contributed by atoms with Crippen LogP contribution in [0.25, 0.3) is 0 Å². The highest BCUT2D eigenvalue weighted by atomic mass is 16.5. The molecule has 0 radical (unpaired) electrons. The summed E-state index contributed by atoms with van der Waals surface area (Å²) in [5.74, 6) is 0.301. The maximum absolute atomic E-state index is 12.7. The normalized spacial score (nSPS) is 15.2. The van der Waals surface area contributed by atoms with Gasteiger partial charge in [0.25, 0.3) is 5.91 Å². The van der Waals surface area contributed by atoms with Crippen LogP contribution in [-0.4, -0.2) is 39.0 Å². The first-order valence-corrected chi connectivity index (χ1v) is 7.66. The van der Waals surface area contributed by atoms with Crippen LogP contribution in [0.1, 0.15) is 47.3 Å². The average molecular weight is 300 g/mol. The number of hydrogen-bond donors (Lipinski definition) is 0. The van der Waals surface area contributed by atoms with E-state index in [9.17, 15) is 4.79 Å². The molecule has 0 aromatic carbocycles. The molecule has 6 nitrogen and oxygen atoms in total. The molecule has 1 atom stereocenters. The highest BCUT2D eigenvalue weighted by Gasteiger charge is 2.28. The van der Waals surface area contributed by atoms with Crippen molar-refractivity contribution in [3.8, 4) is 0 Å². The van der Waals surface area contributed by atoms with Crippen molar-refractivity contribution >= 4 is 5.91 Å². The van der Waals surface area contributed by atoms with Gasteiger partial charge in [-0.2, -0.15) is 0 Å². The number of rotatable bonds is 4. The molecule has 0 spiro atoms. The lowest BCUT2D eigenvalue weighted by Gasteiger charge is -2.24. The number of carbonyl (C=O) groups excluding carboxylic acids is 1. The van der Waals surface area contributed by atoms with Crippen molar-refractivity contribution in [2.45, 2.75) is 45.1 Å². The molecule has 1 aliphatic rings. The Balaban J connectivity index is 1.72. The molecule has 0 unspecified atom stereocenters. The van der Waals surface area contributed by atoms with Gasteiger partial charge in [-0.05, 0) is 32.6 Å². The Morgan fingerprint density at radius 3 is 2.95 bits per heavy atom. The van der Waals surface area contributed by atoms with Gasteiger partial charge in [0.15, 0.2) is 0 Å². The summed E-state index contributed by atoms with van der Waals surface area (Å²) in [5, 5.41) is 4.06. The van der Waals surface area contributed by atoms with Gasteiger partial charge in [0.05, 0.1) is 11.4 Å². The minimum absolute atomic E-state index is 0.00791. The molecule has 1 aliphatic carbocycles. The van der Waals surface area contributed by atoms with E-state index in [-0.39, 0.29) is 11.9 Å². The molecule has 22 heavy (non-hydrogen) atoms. The second-order valence-corrected chi connectivity index (χ2v) is 5.81. The molecule has 116 valence electrons. The summed E-state index contributed by atoms with van der Waals surface area (Å²) in [4.78, 5) is 22.7. The van der Waals surface area contributed by atoms with Gasteiger partial charge in [-0.25, -0.2) is 0 Å². The Kier molecular flexibility index (Phi) is 4.18. The maximum atomic E-state index is 12.7. The van der Waals surface area contributed by atoms with Gasteiger partial charge in [-0.3, -0.25) is 14.8 Å². The van der Waals surface area contributed by atoms with Crippen molar-refractivity contribution in [1.29, 1.82) is 0 Å². The van der Waals surface area contributed by atoms with Crippen molar-refractivity contribution in [3.63, 3.8) is 0 Å². The number of aryl methyl sites for hydroxylation is 1. The van der Waals surface area contributed by atoms with Crippen molar-refractivity contribution in [1.82, 2.24) is 20.0 Å². The maximum Gasteiger partial charge on any atom is 0.292 e. The fraction of sp³-hybridized carbons (Fsp3) is 0.500. The number of carbonyl (C=O) groups is 1. The van der Waals surface area contributed by atoms with Crippen LogP contribution in [0.15, 0.2) is 23.1 Å². The van der Waals surface area contributed by atoms with Crippen LogP contribution < -0.4 is 0 Å². The molecular formula is C16H20N4O2. The Morgan fingerprint density at radius 2 is 2.18 bits per heavy atom. The van der Waals surface area contributed by atoms with Crippen LogP contribution in [0.2, 0.25) is 0 Å². The fourth-order valence-electron chi connectivity index (χ4n) is 2.79. The minimum Gasteiger partial charge on any atom is -0.350 e. The van der Waals surface area contributed by atoms with Gasteiger partial charge in [0, 0.05) is 43.7 Å². The molecule has 2 aromatic heterocycles. The zero-order valence-corrected chi connectivity index (χ0v) is 13.0. The summed E-state index contributed by atoms with van der Waals surface area (Å²) in [5.41, 5.74) is 2.81. The first kappa shape index (κ1) is 14.7. The van der Waals surface area contributed by atoms with Crippen LogP contribution in [-0.2, 0) is 19.3 Å². The van der Waals surface area contributed by atoms with E-state index in [0.717, 1.165) is 42.6 Å². The van der Waals surface area contributed by atoms with Gasteiger partial charge >= 0.3 is 0 Å². The molecule has 2 aromatic rings. The number of likely N-dealkylation sites (N-methyl/N-ethyl adjacent to an activating group) is 1. The zero-order chi connectivity index (χ0) is 15.5. The molecule has 3 rings (SSSR count). The predicted molar refractivity (Wildman–Crippen MR) is 80.4 cm³/mol. The standard InChI is InChI=1S/C16H20N4O2/c1-11(9-12-10-17-7-8-18-12)20(2)16(21)15-13-5-3-4-6-14(13)19-22-15/h7-8,10-11H,3-6,9H2,1-2H3/t11-/m1/s1. The van der Waals surface area contributed by atoms with Gasteiger partial charge in [-0.1, -0.05) is 5.16 Å². The summed E-state index contributed by atoms with van der Waals surface area (Å²) < 4.78 is 5.33. The molecule has 0 N–H and O–H groups in total. The third kappa shape index (κ3) is 2.86. The van der Waals surface area contributed by atoms with Crippen molar-refractivity contribution < 1.29 is 9.32 Å². The largest absolute Gasteiger partial charge is 0.350 e. The van der Waals surface area contributed by atoms with Crippen molar-refractivity contribution in [2.24, 2.45) is 0 Å². The van der Waals surface area contributed by atoms with Crippen LogP contribution in [0.3, 0.4) is 0 Å². The minimum atomic E-state index is -0.105. The lowest BCUT2D eigenvalue weighted by atomic mass is 9.95. The smallest absolute Gasteiger partial charge is 0.292 e.